The zero-order chi connectivity index (χ0) is 38.0. The van der Waals surface area contributed by atoms with Crippen molar-refractivity contribution >= 4 is 45.6 Å². The van der Waals surface area contributed by atoms with Crippen LogP contribution in [0.4, 0.5) is 4.79 Å². The van der Waals surface area contributed by atoms with Crippen LogP contribution in [0.1, 0.15) is 77.7 Å². The molecule has 2 saturated carbocycles. The molecule has 2 aliphatic heterocycles. The molecule has 2 aromatic carbocycles. The van der Waals surface area contributed by atoms with Gasteiger partial charge < -0.3 is 20.3 Å². The van der Waals surface area contributed by atoms with E-state index in [4.69, 9.17) is 4.74 Å². The molecule has 0 spiro atoms. The molecule has 13 heteroatoms. The molecule has 1 saturated heterocycles. The number of ether oxygens (including phenoxy) is 1. The first kappa shape index (κ1) is 38.6. The van der Waals surface area contributed by atoms with Crippen LogP contribution in [-0.2, 0) is 33.9 Å². The van der Waals surface area contributed by atoms with E-state index >= 15 is 0 Å². The van der Waals surface area contributed by atoms with E-state index in [1.165, 1.54) is 4.90 Å². The molecule has 4 amide bonds. The number of nitrogens with zero attached hydrogens (tertiary/aromatic N) is 1. The zero-order valence-corrected chi connectivity index (χ0v) is 32.3. The number of hydrogen-bond acceptors (Lipinski definition) is 8. The number of nitrogens with one attached hydrogen (secondary N) is 3. The lowest BCUT2D eigenvalue weighted by Crippen LogP contribution is -2.58. The van der Waals surface area contributed by atoms with Gasteiger partial charge in [-0.25, -0.2) is 13.2 Å². The Morgan fingerprint density at radius 1 is 0.962 bits per heavy atom. The average Bonchev–Trinajstić information content (AvgIpc) is 4.05. The van der Waals surface area contributed by atoms with Gasteiger partial charge >= 0.3 is 6.09 Å². The Bertz CT molecular complexity index is 1860. The van der Waals surface area contributed by atoms with E-state index in [2.05, 4.69) is 34.1 Å². The second-order valence-corrected chi connectivity index (χ2v) is 18.9. The van der Waals surface area contributed by atoms with Gasteiger partial charge in [-0.1, -0.05) is 79.2 Å². The fraction of sp³-hybridized carbons (Fsp3) is 0.500. The summed E-state index contributed by atoms with van der Waals surface area (Å²) in [4.78, 5) is 57.5. The summed E-state index contributed by atoms with van der Waals surface area (Å²) < 4.78 is 32.6. The summed E-state index contributed by atoms with van der Waals surface area (Å²) in [7, 11) is -3.88. The molecule has 5 atom stereocenters. The van der Waals surface area contributed by atoms with Crippen molar-refractivity contribution in [3.8, 4) is 11.1 Å². The number of fused-ring (bicyclic) bond motifs is 2. The number of rotatable bonds is 9. The van der Waals surface area contributed by atoms with Crippen LogP contribution in [0, 0.1) is 5.92 Å². The van der Waals surface area contributed by atoms with Gasteiger partial charge in [0.25, 0.3) is 5.91 Å². The lowest BCUT2D eigenvalue weighted by Gasteiger charge is -2.31. The van der Waals surface area contributed by atoms with E-state index in [1.807, 2.05) is 54.6 Å². The van der Waals surface area contributed by atoms with Gasteiger partial charge in [0.15, 0.2) is 0 Å². The molecule has 0 radical (unpaired) electrons. The van der Waals surface area contributed by atoms with Gasteiger partial charge in [0.2, 0.25) is 21.8 Å². The fourth-order valence-corrected chi connectivity index (χ4v) is 9.99. The van der Waals surface area contributed by atoms with Crippen LogP contribution in [0.15, 0.2) is 79.4 Å². The molecule has 2 bridgehead atoms. The number of hydrogen-bond donors (Lipinski definition) is 3. The van der Waals surface area contributed by atoms with Crippen molar-refractivity contribution in [3.63, 3.8) is 0 Å². The van der Waals surface area contributed by atoms with Crippen LogP contribution < -0.4 is 15.4 Å². The molecule has 11 nitrogen and oxygen atoms in total. The molecule has 2 aromatic rings. The van der Waals surface area contributed by atoms with E-state index in [-0.39, 0.29) is 19.4 Å². The highest BCUT2D eigenvalue weighted by molar-refractivity contribution is 8.00. The van der Waals surface area contributed by atoms with E-state index in [1.54, 1.807) is 38.6 Å². The minimum absolute atomic E-state index is 0.166. The third-order valence-electron chi connectivity index (χ3n) is 10.4. The van der Waals surface area contributed by atoms with Crippen LogP contribution >= 0.6 is 11.8 Å². The van der Waals surface area contributed by atoms with Gasteiger partial charge in [0.1, 0.15) is 23.2 Å². The Kier molecular flexibility index (Phi) is 11.2. The van der Waals surface area contributed by atoms with Crippen LogP contribution in [-0.4, -0.2) is 77.9 Å². The fourth-order valence-electron chi connectivity index (χ4n) is 7.26. The lowest BCUT2D eigenvalue weighted by atomic mass is 9.93. The van der Waals surface area contributed by atoms with Crippen LogP contribution in [0.25, 0.3) is 11.1 Å². The number of amides is 4. The topological polar surface area (TPSA) is 151 Å². The molecule has 4 aliphatic rings. The van der Waals surface area contributed by atoms with Crippen molar-refractivity contribution in [2.75, 3.05) is 12.3 Å². The summed E-state index contributed by atoms with van der Waals surface area (Å²) in [6.07, 6.45) is 9.06. The van der Waals surface area contributed by atoms with Crippen LogP contribution in [0.2, 0.25) is 0 Å². The molecule has 6 rings (SSSR count). The Morgan fingerprint density at radius 3 is 2.30 bits per heavy atom. The second-order valence-electron chi connectivity index (χ2n) is 15.6. The van der Waals surface area contributed by atoms with Crippen LogP contribution in [0.3, 0.4) is 0 Å². The minimum atomic E-state index is -3.88. The summed E-state index contributed by atoms with van der Waals surface area (Å²) in [5.74, 6) is -1.63. The number of sulfonamides is 1. The normalized spacial score (nSPS) is 28.3. The zero-order valence-electron chi connectivity index (χ0n) is 30.6. The first-order valence-corrected chi connectivity index (χ1v) is 21.0. The standard InChI is InChI=1S/C40H50N4O7S2/c1-5-29-24-40(29,36(47)43-53(49,50)31-21-22-31)42-34(45)33-25-39(30-19-17-28(18-20-30)27-14-10-9-11-15-27)26-44(33)35(46)32(41-37(48)51-38(2,3)4)16-12-7-6-8-13-23-52-39/h5,8-11,13-15,17-20,29,31-33H,1,6-7,12,16,21-26H2,2-4H3,(H,41,48)(H,42,45)(H,43,47)/b13-8+. The van der Waals surface area contributed by atoms with Crippen molar-refractivity contribution in [3.05, 3.63) is 85.0 Å². The second kappa shape index (κ2) is 15.3. The Labute approximate surface area is 316 Å². The van der Waals surface area contributed by atoms with Crippen molar-refractivity contribution in [2.24, 2.45) is 5.92 Å². The highest BCUT2D eigenvalue weighted by Gasteiger charge is 2.62. The first-order valence-electron chi connectivity index (χ1n) is 18.4. The molecule has 284 valence electrons. The van der Waals surface area contributed by atoms with E-state index in [9.17, 15) is 27.6 Å². The van der Waals surface area contributed by atoms with Crippen molar-refractivity contribution in [2.45, 2.75) is 105 Å². The maximum absolute atomic E-state index is 14.7. The highest BCUT2D eigenvalue weighted by Crippen LogP contribution is 2.50. The molecule has 53 heavy (non-hydrogen) atoms. The molecule has 0 aromatic heterocycles. The molecule has 2 heterocycles. The average molecular weight is 763 g/mol. The van der Waals surface area contributed by atoms with Crippen molar-refractivity contribution < 1.29 is 32.3 Å². The molecule has 2 aliphatic carbocycles. The molecule has 5 unspecified atom stereocenters. The summed E-state index contributed by atoms with van der Waals surface area (Å²) in [6.45, 7) is 9.23. The molecule has 3 N–H and O–H groups in total. The van der Waals surface area contributed by atoms with Crippen molar-refractivity contribution in [1.29, 1.82) is 0 Å². The summed E-state index contributed by atoms with van der Waals surface area (Å²) >= 11 is 1.65. The van der Waals surface area contributed by atoms with Gasteiger partial charge in [-0.3, -0.25) is 19.1 Å². The predicted molar refractivity (Wildman–Crippen MR) is 206 cm³/mol. The van der Waals surface area contributed by atoms with E-state index in [0.29, 0.717) is 31.4 Å². The summed E-state index contributed by atoms with van der Waals surface area (Å²) in [6, 6.07) is 16.2. The molecule has 3 fully saturated rings. The lowest BCUT2D eigenvalue weighted by molar-refractivity contribution is -0.141. The third-order valence-corrected chi connectivity index (χ3v) is 13.7. The summed E-state index contributed by atoms with van der Waals surface area (Å²) in [5, 5.41) is 5.08. The predicted octanol–water partition coefficient (Wildman–Crippen LogP) is 5.58. The van der Waals surface area contributed by atoms with E-state index < -0.39 is 73.0 Å². The largest absolute Gasteiger partial charge is 0.444 e. The highest BCUT2D eigenvalue weighted by atomic mass is 32.2. The Morgan fingerprint density at radius 2 is 1.66 bits per heavy atom. The quantitative estimate of drug-likeness (QED) is 0.281. The maximum Gasteiger partial charge on any atom is 0.408 e. The monoisotopic (exact) mass is 762 g/mol. The first-order chi connectivity index (χ1) is 25.2. The number of carbonyl (C=O) groups is 4. The minimum Gasteiger partial charge on any atom is -0.444 e. The number of carbonyl (C=O) groups excluding carboxylic acids is 4. The Balaban J connectivity index is 1.36. The Hall–Kier alpha value is -4.10. The summed E-state index contributed by atoms with van der Waals surface area (Å²) in [5.41, 5.74) is 0.729. The van der Waals surface area contributed by atoms with Gasteiger partial charge in [-0.2, -0.15) is 0 Å². The number of benzene rings is 2. The number of allylic oxidation sites excluding steroid dienone is 1. The number of thioether (sulfide) groups is 1. The van der Waals surface area contributed by atoms with Gasteiger partial charge in [0, 0.05) is 18.2 Å². The maximum atomic E-state index is 14.7. The van der Waals surface area contributed by atoms with Crippen LogP contribution in [0.5, 0.6) is 0 Å². The SMILES string of the molecule is C=CC1CC1(NC(=O)C1CC2(c3ccc(-c4ccccc4)cc3)CN1C(=O)C(NC(=O)OC(C)(C)C)CCCC/C=C/CS2)C(=O)NS(=O)(=O)C1CC1. The van der Waals surface area contributed by atoms with Crippen molar-refractivity contribution in [1.82, 2.24) is 20.3 Å². The van der Waals surface area contributed by atoms with Gasteiger partial charge in [-0.15, -0.1) is 18.3 Å². The van der Waals surface area contributed by atoms with E-state index in [0.717, 1.165) is 29.5 Å². The smallest absolute Gasteiger partial charge is 0.408 e. The van der Waals surface area contributed by atoms with Gasteiger partial charge in [0.05, 0.1) is 10.00 Å². The third kappa shape index (κ3) is 8.83. The molecular formula is C40H50N4O7S2. The molecular weight excluding hydrogens is 713 g/mol. The number of alkyl carbamates (subject to hydrolysis) is 1. The van der Waals surface area contributed by atoms with Gasteiger partial charge in [-0.05, 0) is 82.4 Å².